The number of aryl methyl sites for hydroxylation is 2. The molecule has 0 amide bonds. The quantitative estimate of drug-likeness (QED) is 0.834. The molecule has 4 nitrogen and oxygen atoms in total. The molecule has 22 heavy (non-hydrogen) atoms. The van der Waals surface area contributed by atoms with Crippen molar-refractivity contribution < 1.29 is 4.74 Å². The molecule has 0 spiro atoms. The van der Waals surface area contributed by atoms with Gasteiger partial charge in [0.25, 0.3) is 0 Å². The summed E-state index contributed by atoms with van der Waals surface area (Å²) in [6.07, 6.45) is 2.96. The lowest BCUT2D eigenvalue weighted by atomic mass is 10.1. The Bertz CT molecular complexity index is 705. The summed E-state index contributed by atoms with van der Waals surface area (Å²) in [5.74, 6) is 0.796. The van der Waals surface area contributed by atoms with E-state index in [0.717, 1.165) is 41.2 Å². The van der Waals surface area contributed by atoms with Crippen molar-refractivity contribution in [2.45, 2.75) is 33.7 Å². The van der Waals surface area contributed by atoms with E-state index in [4.69, 9.17) is 4.74 Å². The van der Waals surface area contributed by atoms with Gasteiger partial charge >= 0.3 is 0 Å². The van der Waals surface area contributed by atoms with Crippen LogP contribution in [0, 0.1) is 13.8 Å². The predicted octanol–water partition coefficient (Wildman–Crippen LogP) is 2.96. The molecule has 0 bridgehead atoms. The molecule has 1 heterocycles. The Morgan fingerprint density at radius 2 is 2.00 bits per heavy atom. The molecule has 0 aliphatic carbocycles. The summed E-state index contributed by atoms with van der Waals surface area (Å²) in [6.45, 7) is 7.58. The van der Waals surface area contributed by atoms with Gasteiger partial charge in [-0.25, -0.2) is 0 Å². The molecule has 1 N–H and O–H groups in total. The maximum atomic E-state index is 12.2. The molecule has 0 saturated heterocycles. The molecular formula is C18H24N2O2. The molecule has 0 saturated carbocycles. The maximum absolute atomic E-state index is 12.2. The van der Waals surface area contributed by atoms with Crippen LogP contribution in [0.1, 0.15) is 30.2 Å². The summed E-state index contributed by atoms with van der Waals surface area (Å²) < 4.78 is 7.49. The Labute approximate surface area is 131 Å². The van der Waals surface area contributed by atoms with Crippen molar-refractivity contribution in [3.63, 3.8) is 0 Å². The van der Waals surface area contributed by atoms with Crippen LogP contribution < -0.4 is 15.5 Å². The van der Waals surface area contributed by atoms with Crippen LogP contribution in [0.25, 0.3) is 5.69 Å². The van der Waals surface area contributed by atoms with Crippen molar-refractivity contribution in [1.29, 1.82) is 0 Å². The van der Waals surface area contributed by atoms with Crippen molar-refractivity contribution in [1.82, 2.24) is 9.88 Å². The third-order valence-electron chi connectivity index (χ3n) is 3.66. The van der Waals surface area contributed by atoms with Gasteiger partial charge in [0.1, 0.15) is 5.75 Å². The van der Waals surface area contributed by atoms with Gasteiger partial charge in [0, 0.05) is 30.1 Å². The van der Waals surface area contributed by atoms with Crippen molar-refractivity contribution in [2.75, 3.05) is 13.7 Å². The van der Waals surface area contributed by atoms with E-state index in [1.807, 2.05) is 36.7 Å². The van der Waals surface area contributed by atoms with Gasteiger partial charge in [-0.05, 0) is 44.5 Å². The Morgan fingerprint density at radius 1 is 1.23 bits per heavy atom. The Balaban J connectivity index is 2.49. The van der Waals surface area contributed by atoms with Gasteiger partial charge in [0.05, 0.1) is 12.8 Å². The monoisotopic (exact) mass is 300 g/mol. The zero-order valence-electron chi connectivity index (χ0n) is 13.8. The van der Waals surface area contributed by atoms with E-state index in [9.17, 15) is 4.79 Å². The second-order valence-electron chi connectivity index (χ2n) is 5.53. The molecular weight excluding hydrogens is 276 g/mol. The van der Waals surface area contributed by atoms with Gasteiger partial charge in [-0.1, -0.05) is 13.0 Å². The molecule has 2 aromatic rings. The molecule has 1 aromatic heterocycles. The van der Waals surface area contributed by atoms with E-state index in [-0.39, 0.29) is 5.43 Å². The summed E-state index contributed by atoms with van der Waals surface area (Å²) in [4.78, 5) is 12.2. The lowest BCUT2D eigenvalue weighted by Gasteiger charge is -2.16. The molecule has 2 rings (SSSR count). The highest BCUT2D eigenvalue weighted by Gasteiger charge is 2.10. The second kappa shape index (κ2) is 7.27. The zero-order chi connectivity index (χ0) is 16.1. The lowest BCUT2D eigenvalue weighted by molar-refractivity contribution is 0.412. The lowest BCUT2D eigenvalue weighted by Crippen LogP contribution is -2.22. The fourth-order valence-electron chi connectivity index (χ4n) is 2.45. The molecule has 0 aliphatic rings. The minimum Gasteiger partial charge on any atom is -0.495 e. The van der Waals surface area contributed by atoms with Crippen LogP contribution in [0.3, 0.4) is 0 Å². The van der Waals surface area contributed by atoms with Gasteiger partial charge in [-0.3, -0.25) is 4.79 Å². The number of hydrogen-bond acceptors (Lipinski definition) is 3. The normalized spacial score (nSPS) is 10.7. The molecule has 0 atom stereocenters. The SMILES string of the molecule is CCCNCc1cn(-c2cc(C)ccc2OC)c(C)cc1=O. The van der Waals surface area contributed by atoms with Crippen molar-refractivity contribution >= 4 is 0 Å². The highest BCUT2D eigenvalue weighted by Crippen LogP contribution is 2.25. The first kappa shape index (κ1) is 16.3. The predicted molar refractivity (Wildman–Crippen MR) is 90.1 cm³/mol. The van der Waals surface area contributed by atoms with Crippen LogP contribution in [-0.2, 0) is 6.54 Å². The fraction of sp³-hybridized carbons (Fsp3) is 0.389. The van der Waals surface area contributed by atoms with E-state index in [1.165, 1.54) is 0 Å². The maximum Gasteiger partial charge on any atom is 0.186 e. The smallest absolute Gasteiger partial charge is 0.186 e. The number of rotatable bonds is 6. The highest BCUT2D eigenvalue weighted by molar-refractivity contribution is 5.50. The molecule has 0 unspecified atom stereocenters. The van der Waals surface area contributed by atoms with Gasteiger partial charge in [-0.2, -0.15) is 0 Å². The second-order valence-corrected chi connectivity index (χ2v) is 5.53. The number of ether oxygens (including phenoxy) is 1. The number of methoxy groups -OCH3 is 1. The first-order chi connectivity index (χ1) is 10.6. The van der Waals surface area contributed by atoms with Crippen molar-refractivity contribution in [3.05, 3.63) is 57.5 Å². The minimum atomic E-state index is 0.0731. The zero-order valence-corrected chi connectivity index (χ0v) is 13.8. The van der Waals surface area contributed by atoms with Gasteiger partial charge in [0.2, 0.25) is 0 Å². The molecule has 0 aliphatic heterocycles. The molecule has 0 radical (unpaired) electrons. The van der Waals surface area contributed by atoms with Crippen molar-refractivity contribution in [3.8, 4) is 11.4 Å². The largest absolute Gasteiger partial charge is 0.495 e. The summed E-state index contributed by atoms with van der Waals surface area (Å²) in [5.41, 5.74) is 3.84. The van der Waals surface area contributed by atoms with E-state index in [2.05, 4.69) is 18.3 Å². The molecule has 118 valence electrons. The third kappa shape index (κ3) is 3.57. The number of pyridine rings is 1. The fourth-order valence-corrected chi connectivity index (χ4v) is 2.45. The average Bonchev–Trinajstić information content (AvgIpc) is 2.49. The number of nitrogens with zero attached hydrogens (tertiary/aromatic N) is 1. The number of nitrogens with one attached hydrogen (secondary N) is 1. The van der Waals surface area contributed by atoms with Crippen LogP contribution in [0.15, 0.2) is 35.3 Å². The topological polar surface area (TPSA) is 43.3 Å². The van der Waals surface area contributed by atoms with Crippen LogP contribution >= 0.6 is 0 Å². The van der Waals surface area contributed by atoms with E-state index in [1.54, 1.807) is 13.2 Å². The summed E-state index contributed by atoms with van der Waals surface area (Å²) in [7, 11) is 1.66. The Morgan fingerprint density at radius 3 is 2.68 bits per heavy atom. The van der Waals surface area contributed by atoms with Crippen LogP contribution in [0.4, 0.5) is 0 Å². The Kier molecular flexibility index (Phi) is 5.39. The van der Waals surface area contributed by atoms with Crippen LogP contribution in [0.2, 0.25) is 0 Å². The standard InChI is InChI=1S/C18H24N2O2/c1-5-8-19-11-15-12-20(14(3)10-17(15)21)16-9-13(2)6-7-18(16)22-4/h6-7,9-10,12,19H,5,8,11H2,1-4H3. The minimum absolute atomic E-state index is 0.0731. The highest BCUT2D eigenvalue weighted by atomic mass is 16.5. The van der Waals surface area contributed by atoms with E-state index < -0.39 is 0 Å². The van der Waals surface area contributed by atoms with Crippen molar-refractivity contribution in [2.24, 2.45) is 0 Å². The average molecular weight is 300 g/mol. The summed E-state index contributed by atoms with van der Waals surface area (Å²) >= 11 is 0. The molecule has 0 fully saturated rings. The number of benzene rings is 1. The first-order valence-corrected chi connectivity index (χ1v) is 7.64. The van der Waals surface area contributed by atoms with E-state index in [0.29, 0.717) is 6.54 Å². The third-order valence-corrected chi connectivity index (χ3v) is 3.66. The first-order valence-electron chi connectivity index (χ1n) is 7.64. The van der Waals surface area contributed by atoms with Gasteiger partial charge in [0.15, 0.2) is 5.43 Å². The summed E-state index contributed by atoms with van der Waals surface area (Å²) in [5, 5.41) is 3.29. The van der Waals surface area contributed by atoms with Crippen LogP contribution in [-0.4, -0.2) is 18.2 Å². The summed E-state index contributed by atoms with van der Waals surface area (Å²) in [6, 6.07) is 7.73. The molecule has 1 aromatic carbocycles. The number of aromatic nitrogens is 1. The van der Waals surface area contributed by atoms with Crippen LogP contribution in [0.5, 0.6) is 5.75 Å². The Hall–Kier alpha value is -2.07. The van der Waals surface area contributed by atoms with E-state index >= 15 is 0 Å². The molecule has 4 heteroatoms. The van der Waals surface area contributed by atoms with Gasteiger partial charge < -0.3 is 14.6 Å². The number of hydrogen-bond donors (Lipinski definition) is 1. The van der Waals surface area contributed by atoms with Gasteiger partial charge in [-0.15, -0.1) is 0 Å².